The molecule has 4 heteroatoms. The number of halogens is 1. The Labute approximate surface area is 97.6 Å². The molecule has 0 radical (unpaired) electrons. The van der Waals surface area contributed by atoms with E-state index in [1.807, 2.05) is 0 Å². The number of aryl methyl sites for hydroxylation is 1. The van der Waals surface area contributed by atoms with Crippen LogP contribution in [-0.4, -0.2) is 16.1 Å². The molecule has 0 fully saturated rings. The summed E-state index contributed by atoms with van der Waals surface area (Å²) in [5, 5.41) is 9.03. The average molecular weight is 231 g/mol. The molecule has 0 aliphatic carbocycles. The molecule has 1 aromatic heterocycles. The first-order chi connectivity index (χ1) is 8.09. The first-order valence-electron chi connectivity index (χ1n) is 5.04. The van der Waals surface area contributed by atoms with Gasteiger partial charge >= 0.3 is 5.97 Å². The van der Waals surface area contributed by atoms with Crippen LogP contribution in [0.1, 0.15) is 16.1 Å². The summed E-state index contributed by atoms with van der Waals surface area (Å²) in [4.78, 5) is 14.8. The van der Waals surface area contributed by atoms with Crippen LogP contribution in [0.15, 0.2) is 36.5 Å². The summed E-state index contributed by atoms with van der Waals surface area (Å²) in [5.41, 5.74) is 1.72. The number of carboxylic acids is 1. The summed E-state index contributed by atoms with van der Waals surface area (Å²) < 4.78 is 13.2. The van der Waals surface area contributed by atoms with Crippen molar-refractivity contribution in [1.29, 1.82) is 0 Å². The van der Waals surface area contributed by atoms with Crippen molar-refractivity contribution in [3.63, 3.8) is 0 Å². The highest BCUT2D eigenvalue weighted by Gasteiger charge is 2.14. The minimum Gasteiger partial charge on any atom is -0.476 e. The van der Waals surface area contributed by atoms with E-state index in [0.717, 1.165) is 5.56 Å². The fourth-order valence-electron chi connectivity index (χ4n) is 1.68. The van der Waals surface area contributed by atoms with Crippen LogP contribution in [0, 0.1) is 12.7 Å². The molecule has 2 rings (SSSR count). The van der Waals surface area contributed by atoms with Crippen LogP contribution in [0.5, 0.6) is 0 Å². The lowest BCUT2D eigenvalue weighted by Crippen LogP contribution is -2.03. The van der Waals surface area contributed by atoms with E-state index in [0.29, 0.717) is 11.1 Å². The van der Waals surface area contributed by atoms with Gasteiger partial charge in [0.05, 0.1) is 0 Å². The number of rotatable bonds is 2. The predicted molar refractivity (Wildman–Crippen MR) is 61.3 cm³/mol. The molecular formula is C13H10FNO2. The molecule has 0 spiro atoms. The zero-order valence-electron chi connectivity index (χ0n) is 9.14. The fraction of sp³-hybridized carbons (Fsp3) is 0.0769. The maximum atomic E-state index is 13.2. The summed E-state index contributed by atoms with van der Waals surface area (Å²) in [7, 11) is 0. The Bertz CT molecular complexity index is 581. The standard InChI is InChI=1S/C13H10FNO2/c1-8-4-5-9(14)7-11(8)10-3-2-6-15-12(10)13(16)17/h2-7H,1H3,(H,16,17). The molecular weight excluding hydrogens is 221 g/mol. The molecule has 0 atom stereocenters. The number of aromatic nitrogens is 1. The highest BCUT2D eigenvalue weighted by Crippen LogP contribution is 2.26. The number of carboxylic acid groups (broad SMARTS) is 1. The van der Waals surface area contributed by atoms with Crippen molar-refractivity contribution in [2.24, 2.45) is 0 Å². The highest BCUT2D eigenvalue weighted by atomic mass is 19.1. The van der Waals surface area contributed by atoms with Crippen molar-refractivity contribution < 1.29 is 14.3 Å². The molecule has 1 aromatic carbocycles. The molecule has 0 aliphatic rings. The van der Waals surface area contributed by atoms with Gasteiger partial charge in [-0.25, -0.2) is 14.2 Å². The van der Waals surface area contributed by atoms with Gasteiger partial charge in [0.1, 0.15) is 5.82 Å². The summed E-state index contributed by atoms with van der Waals surface area (Å²) in [6.45, 7) is 1.80. The lowest BCUT2D eigenvalue weighted by atomic mass is 9.99. The Morgan fingerprint density at radius 1 is 1.29 bits per heavy atom. The lowest BCUT2D eigenvalue weighted by molar-refractivity contribution is 0.0691. The number of aromatic carboxylic acids is 1. The van der Waals surface area contributed by atoms with E-state index < -0.39 is 11.8 Å². The molecule has 3 nitrogen and oxygen atoms in total. The van der Waals surface area contributed by atoms with Gasteiger partial charge in [0, 0.05) is 11.8 Å². The van der Waals surface area contributed by atoms with Crippen LogP contribution in [0.2, 0.25) is 0 Å². The van der Waals surface area contributed by atoms with E-state index in [9.17, 15) is 9.18 Å². The Hall–Kier alpha value is -2.23. The second-order valence-corrected chi connectivity index (χ2v) is 3.66. The second-order valence-electron chi connectivity index (χ2n) is 3.66. The van der Waals surface area contributed by atoms with Crippen LogP contribution >= 0.6 is 0 Å². The minimum atomic E-state index is -1.12. The smallest absolute Gasteiger partial charge is 0.355 e. The van der Waals surface area contributed by atoms with Gasteiger partial charge in [-0.05, 0) is 36.2 Å². The van der Waals surface area contributed by atoms with Gasteiger partial charge in [-0.15, -0.1) is 0 Å². The van der Waals surface area contributed by atoms with Crippen LogP contribution in [0.3, 0.4) is 0 Å². The zero-order valence-corrected chi connectivity index (χ0v) is 9.14. The molecule has 0 saturated carbocycles. The summed E-state index contributed by atoms with van der Waals surface area (Å²) in [5.74, 6) is -1.52. The largest absolute Gasteiger partial charge is 0.476 e. The normalized spacial score (nSPS) is 10.2. The van der Waals surface area contributed by atoms with Crippen molar-refractivity contribution >= 4 is 5.97 Å². The van der Waals surface area contributed by atoms with Crippen molar-refractivity contribution in [3.05, 3.63) is 53.6 Å². The molecule has 1 heterocycles. The fourth-order valence-corrected chi connectivity index (χ4v) is 1.68. The number of hydrogen-bond donors (Lipinski definition) is 1. The zero-order chi connectivity index (χ0) is 12.4. The molecule has 0 bridgehead atoms. The lowest BCUT2D eigenvalue weighted by Gasteiger charge is -2.08. The first-order valence-corrected chi connectivity index (χ1v) is 5.04. The van der Waals surface area contributed by atoms with E-state index in [2.05, 4.69) is 4.98 Å². The van der Waals surface area contributed by atoms with E-state index >= 15 is 0 Å². The SMILES string of the molecule is Cc1ccc(F)cc1-c1cccnc1C(=O)O. The Balaban J connectivity index is 2.68. The quantitative estimate of drug-likeness (QED) is 0.864. The molecule has 86 valence electrons. The molecule has 0 saturated heterocycles. The van der Waals surface area contributed by atoms with Gasteiger partial charge in [-0.3, -0.25) is 0 Å². The number of carbonyl (C=O) groups is 1. The third-order valence-corrected chi connectivity index (χ3v) is 2.50. The second kappa shape index (κ2) is 4.33. The Morgan fingerprint density at radius 2 is 2.06 bits per heavy atom. The Morgan fingerprint density at radius 3 is 2.76 bits per heavy atom. The third-order valence-electron chi connectivity index (χ3n) is 2.50. The van der Waals surface area contributed by atoms with Crippen LogP contribution in [0.25, 0.3) is 11.1 Å². The molecule has 2 aromatic rings. The van der Waals surface area contributed by atoms with Gasteiger partial charge in [-0.2, -0.15) is 0 Å². The van der Waals surface area contributed by atoms with E-state index in [-0.39, 0.29) is 5.69 Å². The summed E-state index contributed by atoms with van der Waals surface area (Å²) in [6, 6.07) is 7.53. The monoisotopic (exact) mass is 231 g/mol. The molecule has 17 heavy (non-hydrogen) atoms. The van der Waals surface area contributed by atoms with Gasteiger partial charge in [0.2, 0.25) is 0 Å². The van der Waals surface area contributed by atoms with E-state index in [4.69, 9.17) is 5.11 Å². The van der Waals surface area contributed by atoms with Crippen molar-refractivity contribution in [3.8, 4) is 11.1 Å². The number of benzene rings is 1. The minimum absolute atomic E-state index is 0.0683. The van der Waals surface area contributed by atoms with E-state index in [1.54, 1.807) is 25.1 Å². The van der Waals surface area contributed by atoms with Crippen molar-refractivity contribution in [2.75, 3.05) is 0 Å². The number of nitrogens with zero attached hydrogens (tertiary/aromatic N) is 1. The molecule has 1 N–H and O–H groups in total. The van der Waals surface area contributed by atoms with Crippen LogP contribution in [-0.2, 0) is 0 Å². The van der Waals surface area contributed by atoms with E-state index in [1.165, 1.54) is 18.3 Å². The first kappa shape index (κ1) is 11.3. The van der Waals surface area contributed by atoms with Crippen LogP contribution in [0.4, 0.5) is 4.39 Å². The van der Waals surface area contributed by atoms with Gasteiger partial charge < -0.3 is 5.11 Å². The van der Waals surface area contributed by atoms with Crippen molar-refractivity contribution in [1.82, 2.24) is 4.98 Å². The van der Waals surface area contributed by atoms with Crippen molar-refractivity contribution in [2.45, 2.75) is 6.92 Å². The average Bonchev–Trinajstić information content (AvgIpc) is 2.32. The molecule has 0 amide bonds. The number of hydrogen-bond acceptors (Lipinski definition) is 2. The van der Waals surface area contributed by atoms with Gasteiger partial charge in [0.25, 0.3) is 0 Å². The third kappa shape index (κ3) is 2.15. The van der Waals surface area contributed by atoms with Gasteiger partial charge in [-0.1, -0.05) is 12.1 Å². The van der Waals surface area contributed by atoms with Crippen LogP contribution < -0.4 is 0 Å². The topological polar surface area (TPSA) is 50.2 Å². The Kier molecular flexibility index (Phi) is 2.87. The molecule has 0 unspecified atom stereocenters. The highest BCUT2D eigenvalue weighted by molar-refractivity contribution is 5.94. The predicted octanol–water partition coefficient (Wildman–Crippen LogP) is 2.89. The summed E-state index contributed by atoms with van der Waals surface area (Å²) >= 11 is 0. The number of pyridine rings is 1. The van der Waals surface area contributed by atoms with Gasteiger partial charge in [0.15, 0.2) is 5.69 Å². The maximum Gasteiger partial charge on any atom is 0.355 e. The maximum absolute atomic E-state index is 13.2. The molecule has 0 aliphatic heterocycles. The summed E-state index contributed by atoms with van der Waals surface area (Å²) in [6.07, 6.45) is 1.40.